The molecule has 0 saturated heterocycles. The van der Waals surface area contributed by atoms with E-state index in [1.807, 2.05) is 0 Å². The number of carbonyl (C=O) groups excluding carboxylic acids is 2. The quantitative estimate of drug-likeness (QED) is 0.480. The van der Waals surface area contributed by atoms with Crippen LogP contribution < -0.4 is 20.5 Å². The molecule has 0 fully saturated rings. The second kappa shape index (κ2) is 7.73. The van der Waals surface area contributed by atoms with E-state index in [4.69, 9.17) is 17.3 Å². The van der Waals surface area contributed by atoms with Crippen LogP contribution in [0.3, 0.4) is 0 Å². The Morgan fingerprint density at radius 1 is 1.26 bits per heavy atom. The van der Waals surface area contributed by atoms with Gasteiger partial charge in [-0.1, -0.05) is 11.6 Å². The average Bonchev–Trinajstić information content (AvgIpc) is 3.22. The van der Waals surface area contributed by atoms with Gasteiger partial charge in [0.25, 0.3) is 11.8 Å². The molecule has 3 aromatic rings. The minimum atomic E-state index is -3.94. The van der Waals surface area contributed by atoms with E-state index in [0.717, 1.165) is 6.07 Å². The summed E-state index contributed by atoms with van der Waals surface area (Å²) in [4.78, 5) is 29.0. The van der Waals surface area contributed by atoms with Crippen molar-refractivity contribution in [2.24, 2.45) is 5.73 Å². The third-order valence-corrected chi connectivity index (χ3v) is 5.43. The highest BCUT2D eigenvalue weighted by Crippen LogP contribution is 2.50. The van der Waals surface area contributed by atoms with Gasteiger partial charge in [-0.25, -0.2) is 9.67 Å². The van der Waals surface area contributed by atoms with E-state index in [1.165, 1.54) is 16.9 Å². The fraction of sp³-hybridized carbons (Fsp3) is 0.0588. The molecule has 0 atom stereocenters. The molecule has 0 unspecified atom stereocenters. The van der Waals surface area contributed by atoms with E-state index < -0.39 is 29.6 Å². The molecule has 4 rings (SSSR count). The summed E-state index contributed by atoms with van der Waals surface area (Å²) in [5.74, 6) is -2.43. The summed E-state index contributed by atoms with van der Waals surface area (Å²) in [5, 5.41) is 6.82. The Morgan fingerprint density at radius 3 is 2.68 bits per heavy atom. The lowest BCUT2D eigenvalue weighted by Gasteiger charge is -2.13. The van der Waals surface area contributed by atoms with Crippen molar-refractivity contribution in [2.75, 3.05) is 5.32 Å². The van der Waals surface area contributed by atoms with Gasteiger partial charge in [-0.05, 0) is 50.1 Å². The van der Waals surface area contributed by atoms with Crippen molar-refractivity contribution in [1.82, 2.24) is 14.8 Å². The number of pyridine rings is 1. The number of hydrogen-bond acceptors (Lipinski definition) is 6. The highest BCUT2D eigenvalue weighted by Gasteiger charge is 2.46. The number of anilines is 1. The summed E-state index contributed by atoms with van der Waals surface area (Å²) in [7, 11) is 0. The van der Waals surface area contributed by atoms with E-state index in [-0.39, 0.29) is 32.3 Å². The Kier molecular flexibility index (Phi) is 5.35. The zero-order valence-corrected chi connectivity index (χ0v) is 18.8. The highest BCUT2D eigenvalue weighted by molar-refractivity contribution is 9.11. The molecule has 3 heterocycles. The number of carbonyl (C=O) groups is 2. The van der Waals surface area contributed by atoms with Crippen LogP contribution in [-0.2, 0) is 0 Å². The van der Waals surface area contributed by atoms with E-state index in [2.05, 4.69) is 56.7 Å². The maximum Gasteiger partial charge on any atom is 0.586 e. The van der Waals surface area contributed by atoms with Crippen molar-refractivity contribution >= 4 is 61.0 Å². The number of aromatic nitrogens is 3. The van der Waals surface area contributed by atoms with Crippen molar-refractivity contribution < 1.29 is 27.8 Å². The van der Waals surface area contributed by atoms with E-state index >= 15 is 0 Å². The largest absolute Gasteiger partial charge is 0.586 e. The van der Waals surface area contributed by atoms with Crippen LogP contribution in [-0.4, -0.2) is 32.9 Å². The molecule has 1 aliphatic rings. The Balaban J connectivity index is 1.78. The fourth-order valence-electron chi connectivity index (χ4n) is 2.75. The zero-order chi connectivity index (χ0) is 22.5. The standard InChI is InChI=1S/C17H8Br2ClF2N5O4/c18-10-5-8(27(26-10)15-7(20)2-1-3-24-15)16(29)25-12-6(14(23)28)4-9-13(11(12)19)31-17(21,22)30-9/h1-5H,(H2,23,28)(H,25,29). The van der Waals surface area contributed by atoms with Gasteiger partial charge < -0.3 is 20.5 Å². The van der Waals surface area contributed by atoms with Gasteiger partial charge in [-0.15, -0.1) is 8.78 Å². The Morgan fingerprint density at radius 2 is 2.00 bits per heavy atom. The first-order chi connectivity index (χ1) is 14.6. The van der Waals surface area contributed by atoms with Gasteiger partial charge in [-0.2, -0.15) is 5.10 Å². The molecule has 0 spiro atoms. The van der Waals surface area contributed by atoms with Gasteiger partial charge in [0, 0.05) is 12.3 Å². The molecule has 2 aromatic heterocycles. The molecule has 2 amide bonds. The smallest absolute Gasteiger partial charge is 0.395 e. The number of fused-ring (bicyclic) bond motifs is 1. The lowest BCUT2D eigenvalue weighted by molar-refractivity contribution is -0.286. The summed E-state index contributed by atoms with van der Waals surface area (Å²) in [5.41, 5.74) is 4.84. The van der Waals surface area contributed by atoms with Crippen LogP contribution in [0.4, 0.5) is 14.5 Å². The SMILES string of the molecule is NC(=O)c1cc2c(c(Br)c1NC(=O)c1cc(Br)nn1-c1ncccc1Cl)OC(F)(F)O2. The van der Waals surface area contributed by atoms with Crippen LogP contribution in [0.15, 0.2) is 39.5 Å². The van der Waals surface area contributed by atoms with Gasteiger partial charge >= 0.3 is 6.29 Å². The lowest BCUT2D eigenvalue weighted by Crippen LogP contribution is -2.26. The molecule has 0 saturated carbocycles. The predicted octanol–water partition coefficient (Wildman–Crippen LogP) is 4.12. The molecule has 1 aromatic carbocycles. The summed E-state index contributed by atoms with van der Waals surface area (Å²) in [6, 6.07) is 5.48. The number of benzene rings is 1. The maximum absolute atomic E-state index is 13.5. The van der Waals surface area contributed by atoms with Crippen LogP contribution in [0.2, 0.25) is 5.02 Å². The first kappa shape index (κ1) is 21.5. The second-order valence-corrected chi connectivity index (χ2v) is 8.01. The normalized spacial score (nSPS) is 13.8. The number of ether oxygens (including phenoxy) is 2. The van der Waals surface area contributed by atoms with Gasteiger partial charge in [0.15, 0.2) is 17.3 Å². The lowest BCUT2D eigenvalue weighted by atomic mass is 10.1. The Hall–Kier alpha value is -2.77. The Labute approximate surface area is 193 Å². The molecule has 0 bridgehead atoms. The van der Waals surface area contributed by atoms with E-state index in [9.17, 15) is 18.4 Å². The average molecular weight is 580 g/mol. The molecule has 14 heteroatoms. The molecule has 3 N–H and O–H groups in total. The number of halogens is 5. The van der Waals surface area contributed by atoms with Crippen molar-refractivity contribution in [2.45, 2.75) is 6.29 Å². The number of amides is 2. The fourth-order valence-corrected chi connectivity index (χ4v) is 3.92. The Bertz CT molecular complexity index is 1250. The van der Waals surface area contributed by atoms with Crippen molar-refractivity contribution in [3.05, 3.63) is 55.8 Å². The topological polar surface area (TPSA) is 121 Å². The third-order valence-electron chi connectivity index (χ3n) is 3.99. The summed E-state index contributed by atoms with van der Waals surface area (Å²) >= 11 is 12.4. The molecular weight excluding hydrogens is 571 g/mol. The maximum atomic E-state index is 13.5. The number of alkyl halides is 2. The van der Waals surface area contributed by atoms with Crippen LogP contribution in [0.25, 0.3) is 5.82 Å². The summed E-state index contributed by atoms with van der Waals surface area (Å²) in [6.45, 7) is 0. The zero-order valence-electron chi connectivity index (χ0n) is 14.8. The van der Waals surface area contributed by atoms with E-state index in [1.54, 1.807) is 12.1 Å². The second-order valence-electron chi connectivity index (χ2n) is 6.00. The van der Waals surface area contributed by atoms with E-state index in [0.29, 0.717) is 4.60 Å². The van der Waals surface area contributed by atoms with Crippen molar-refractivity contribution in [1.29, 1.82) is 0 Å². The molecule has 9 nitrogen and oxygen atoms in total. The highest BCUT2D eigenvalue weighted by atomic mass is 79.9. The van der Waals surface area contributed by atoms with Crippen molar-refractivity contribution in [3.8, 4) is 17.3 Å². The van der Waals surface area contributed by atoms with Gasteiger partial charge in [0.1, 0.15) is 10.3 Å². The number of nitrogens with zero attached hydrogens (tertiary/aromatic N) is 3. The molecule has 160 valence electrons. The van der Waals surface area contributed by atoms with Gasteiger partial charge in [0.2, 0.25) is 0 Å². The number of hydrogen-bond donors (Lipinski definition) is 2. The molecule has 0 radical (unpaired) electrons. The van der Waals surface area contributed by atoms with Crippen LogP contribution in [0.1, 0.15) is 20.8 Å². The number of nitrogens with two attached hydrogens (primary N) is 1. The van der Waals surface area contributed by atoms with Gasteiger partial charge in [-0.3, -0.25) is 9.59 Å². The molecule has 31 heavy (non-hydrogen) atoms. The third kappa shape index (κ3) is 3.95. The minimum Gasteiger partial charge on any atom is -0.395 e. The number of nitrogens with one attached hydrogen (secondary N) is 1. The number of rotatable bonds is 4. The van der Waals surface area contributed by atoms with Crippen LogP contribution >= 0.6 is 43.5 Å². The van der Waals surface area contributed by atoms with Crippen molar-refractivity contribution in [3.63, 3.8) is 0 Å². The summed E-state index contributed by atoms with van der Waals surface area (Å²) in [6.07, 6.45) is -2.49. The first-order valence-electron chi connectivity index (χ1n) is 8.17. The van der Waals surface area contributed by atoms with Gasteiger partial charge in [0.05, 0.1) is 20.7 Å². The minimum absolute atomic E-state index is 0.0298. The van der Waals surface area contributed by atoms with Crippen LogP contribution in [0.5, 0.6) is 11.5 Å². The summed E-state index contributed by atoms with van der Waals surface area (Å²) < 4.78 is 37.1. The van der Waals surface area contributed by atoms with Crippen LogP contribution in [0, 0.1) is 0 Å². The molecular formula is C17H8Br2ClF2N5O4. The molecule has 0 aliphatic carbocycles. The predicted molar refractivity (Wildman–Crippen MR) is 111 cm³/mol. The molecule has 1 aliphatic heterocycles. The number of primary amides is 1. The first-order valence-corrected chi connectivity index (χ1v) is 10.1. The monoisotopic (exact) mass is 577 g/mol.